The van der Waals surface area contributed by atoms with Crippen LogP contribution in [0.1, 0.15) is 11.1 Å². The highest BCUT2D eigenvalue weighted by molar-refractivity contribution is 7.85. The lowest BCUT2D eigenvalue weighted by Crippen LogP contribution is -2.09. The van der Waals surface area contributed by atoms with Crippen molar-refractivity contribution in [1.29, 1.82) is 0 Å². The lowest BCUT2D eigenvalue weighted by molar-refractivity contribution is 0.623. The van der Waals surface area contributed by atoms with Crippen LogP contribution in [0.4, 0.5) is 4.39 Å². The fraction of sp³-hybridized carbons (Fsp3) is 0.0769. The second kappa shape index (κ2) is 3.52. The summed E-state index contributed by atoms with van der Waals surface area (Å²) < 4.78 is 25.3. The summed E-state index contributed by atoms with van der Waals surface area (Å²) >= 11 is 0. The second-order valence-electron chi connectivity index (χ2n) is 3.81. The summed E-state index contributed by atoms with van der Waals surface area (Å²) in [6.45, 7) is 0. The van der Waals surface area contributed by atoms with Gasteiger partial charge >= 0.3 is 0 Å². The minimum absolute atomic E-state index is 0.268. The molecule has 16 heavy (non-hydrogen) atoms. The standard InChI is InChI=1S/C13H9FOS/c14-11-5-6-13-10(8-11)7-9-3-1-2-4-12(9)16(13)15/h1-6,8H,7H2. The monoisotopic (exact) mass is 232 g/mol. The van der Waals surface area contributed by atoms with E-state index in [1.54, 1.807) is 6.07 Å². The van der Waals surface area contributed by atoms with Crippen LogP contribution in [-0.4, -0.2) is 4.21 Å². The molecule has 0 N–H and O–H groups in total. The summed E-state index contributed by atoms with van der Waals surface area (Å²) in [5.74, 6) is -0.268. The van der Waals surface area contributed by atoms with Crippen LogP contribution in [0.15, 0.2) is 52.3 Å². The van der Waals surface area contributed by atoms with Gasteiger partial charge in [-0.25, -0.2) is 8.60 Å². The molecular weight excluding hydrogens is 223 g/mol. The van der Waals surface area contributed by atoms with Crippen molar-refractivity contribution in [3.05, 3.63) is 59.4 Å². The zero-order chi connectivity index (χ0) is 11.1. The molecule has 1 nitrogen and oxygen atoms in total. The molecule has 0 aliphatic carbocycles. The molecule has 2 aromatic carbocycles. The molecule has 0 bridgehead atoms. The first kappa shape index (κ1) is 9.73. The topological polar surface area (TPSA) is 17.1 Å². The van der Waals surface area contributed by atoms with Crippen LogP contribution < -0.4 is 0 Å². The number of hydrogen-bond donors (Lipinski definition) is 0. The number of benzene rings is 2. The van der Waals surface area contributed by atoms with Crippen molar-refractivity contribution >= 4 is 10.8 Å². The predicted molar refractivity (Wildman–Crippen MR) is 60.3 cm³/mol. The number of fused-ring (bicyclic) bond motifs is 2. The smallest absolute Gasteiger partial charge is 0.123 e. The molecule has 3 heteroatoms. The van der Waals surface area contributed by atoms with E-state index in [0.717, 1.165) is 20.9 Å². The maximum absolute atomic E-state index is 13.1. The molecular formula is C13H9FOS. The summed E-state index contributed by atoms with van der Waals surface area (Å²) in [6.07, 6.45) is 0.662. The summed E-state index contributed by atoms with van der Waals surface area (Å²) in [4.78, 5) is 1.58. The minimum Gasteiger partial charge on any atom is -0.249 e. The normalized spacial score (nSPS) is 17.7. The van der Waals surface area contributed by atoms with Crippen LogP contribution in [0.5, 0.6) is 0 Å². The quantitative estimate of drug-likeness (QED) is 0.582. The summed E-state index contributed by atoms with van der Waals surface area (Å²) in [7, 11) is -1.17. The van der Waals surface area contributed by atoms with E-state index in [1.807, 2.05) is 24.3 Å². The third-order valence-corrected chi connectivity index (χ3v) is 4.37. The molecule has 0 saturated carbocycles. The maximum Gasteiger partial charge on any atom is 0.123 e. The van der Waals surface area contributed by atoms with Crippen LogP contribution in [0.2, 0.25) is 0 Å². The van der Waals surface area contributed by atoms with Gasteiger partial charge in [-0.3, -0.25) is 0 Å². The van der Waals surface area contributed by atoms with Crippen molar-refractivity contribution in [2.75, 3.05) is 0 Å². The minimum atomic E-state index is -1.17. The van der Waals surface area contributed by atoms with Crippen molar-refractivity contribution in [3.8, 4) is 0 Å². The van der Waals surface area contributed by atoms with Crippen LogP contribution in [0.3, 0.4) is 0 Å². The highest BCUT2D eigenvalue weighted by Gasteiger charge is 2.21. The van der Waals surface area contributed by atoms with Crippen molar-refractivity contribution in [1.82, 2.24) is 0 Å². The summed E-state index contributed by atoms with van der Waals surface area (Å²) in [5, 5.41) is 0. The van der Waals surface area contributed by atoms with Gasteiger partial charge in [-0.15, -0.1) is 0 Å². The molecule has 1 heterocycles. The van der Waals surface area contributed by atoms with Crippen molar-refractivity contribution in [2.24, 2.45) is 0 Å². The Balaban J connectivity index is 2.22. The molecule has 80 valence electrons. The highest BCUT2D eigenvalue weighted by atomic mass is 32.2. The molecule has 1 aliphatic rings. The van der Waals surface area contributed by atoms with Crippen LogP contribution >= 0.6 is 0 Å². The Bertz CT molecular complexity index is 592. The zero-order valence-corrected chi connectivity index (χ0v) is 9.26. The van der Waals surface area contributed by atoms with Gasteiger partial charge in [-0.05, 0) is 41.8 Å². The SMILES string of the molecule is O=S1c2ccccc2Cc2cc(F)ccc21. The molecule has 1 unspecified atom stereocenters. The Morgan fingerprint density at radius 3 is 2.62 bits per heavy atom. The van der Waals surface area contributed by atoms with E-state index in [0.29, 0.717) is 6.42 Å². The molecule has 1 atom stereocenters. The van der Waals surface area contributed by atoms with Gasteiger partial charge in [0.05, 0.1) is 10.8 Å². The second-order valence-corrected chi connectivity index (χ2v) is 5.22. The van der Waals surface area contributed by atoms with E-state index in [-0.39, 0.29) is 5.82 Å². The number of rotatable bonds is 0. The third kappa shape index (κ3) is 1.39. The fourth-order valence-corrected chi connectivity index (χ4v) is 3.40. The van der Waals surface area contributed by atoms with Gasteiger partial charge in [0.25, 0.3) is 0 Å². The van der Waals surface area contributed by atoms with Gasteiger partial charge in [0.1, 0.15) is 5.82 Å². The van der Waals surface area contributed by atoms with E-state index >= 15 is 0 Å². The predicted octanol–water partition coefficient (Wildman–Crippen LogP) is 2.90. The Kier molecular flexibility index (Phi) is 2.14. The number of halogens is 1. The molecule has 0 saturated heterocycles. The molecule has 1 aliphatic heterocycles. The van der Waals surface area contributed by atoms with E-state index < -0.39 is 10.8 Å². The summed E-state index contributed by atoms with van der Waals surface area (Å²) in [6, 6.07) is 12.1. The van der Waals surface area contributed by atoms with E-state index in [1.165, 1.54) is 12.1 Å². The highest BCUT2D eigenvalue weighted by Crippen LogP contribution is 2.31. The van der Waals surface area contributed by atoms with E-state index in [4.69, 9.17) is 0 Å². The Morgan fingerprint density at radius 2 is 1.75 bits per heavy atom. The van der Waals surface area contributed by atoms with Gasteiger partial charge in [0.15, 0.2) is 0 Å². The molecule has 0 radical (unpaired) electrons. The van der Waals surface area contributed by atoms with E-state index in [2.05, 4.69) is 0 Å². The lowest BCUT2D eigenvalue weighted by Gasteiger charge is -2.18. The van der Waals surface area contributed by atoms with Crippen LogP contribution in [0.25, 0.3) is 0 Å². The van der Waals surface area contributed by atoms with E-state index in [9.17, 15) is 8.60 Å². The largest absolute Gasteiger partial charge is 0.249 e. The molecule has 0 amide bonds. The van der Waals surface area contributed by atoms with Gasteiger partial charge in [-0.1, -0.05) is 18.2 Å². The van der Waals surface area contributed by atoms with Crippen LogP contribution in [-0.2, 0) is 17.2 Å². The van der Waals surface area contributed by atoms with Gasteiger partial charge in [0.2, 0.25) is 0 Å². The fourth-order valence-electron chi connectivity index (χ4n) is 2.02. The average Bonchev–Trinajstić information content (AvgIpc) is 2.29. The Morgan fingerprint density at radius 1 is 1.00 bits per heavy atom. The molecule has 0 spiro atoms. The molecule has 0 fully saturated rings. The Labute approximate surface area is 95.4 Å². The van der Waals surface area contributed by atoms with Crippen LogP contribution in [0, 0.1) is 5.82 Å². The maximum atomic E-state index is 13.1. The first-order chi connectivity index (χ1) is 7.75. The van der Waals surface area contributed by atoms with Crippen molar-refractivity contribution in [2.45, 2.75) is 16.2 Å². The molecule has 3 rings (SSSR count). The molecule has 0 aromatic heterocycles. The first-order valence-electron chi connectivity index (χ1n) is 5.04. The van der Waals surface area contributed by atoms with Gasteiger partial charge < -0.3 is 0 Å². The first-order valence-corrected chi connectivity index (χ1v) is 6.19. The number of hydrogen-bond acceptors (Lipinski definition) is 1. The molecule has 2 aromatic rings. The average molecular weight is 232 g/mol. The van der Waals surface area contributed by atoms with Gasteiger partial charge in [0, 0.05) is 9.79 Å². The lowest BCUT2D eigenvalue weighted by atomic mass is 10.0. The van der Waals surface area contributed by atoms with Crippen molar-refractivity contribution < 1.29 is 8.60 Å². The zero-order valence-electron chi connectivity index (χ0n) is 8.44. The third-order valence-electron chi connectivity index (χ3n) is 2.78. The van der Waals surface area contributed by atoms with Crippen molar-refractivity contribution in [3.63, 3.8) is 0 Å². The van der Waals surface area contributed by atoms with Gasteiger partial charge in [-0.2, -0.15) is 0 Å². The Hall–Kier alpha value is -1.48. The summed E-state index contributed by atoms with van der Waals surface area (Å²) in [5.41, 5.74) is 1.86.